The fourth-order valence-electron chi connectivity index (χ4n) is 2.10. The van der Waals surface area contributed by atoms with Crippen molar-refractivity contribution in [2.75, 3.05) is 0 Å². The third kappa shape index (κ3) is 2.67. The van der Waals surface area contributed by atoms with Gasteiger partial charge in [0, 0.05) is 12.6 Å². The maximum absolute atomic E-state index is 13.2. The minimum absolute atomic E-state index is 0.0312. The van der Waals surface area contributed by atoms with Crippen LogP contribution in [0, 0.1) is 0 Å². The molecule has 0 aliphatic heterocycles. The summed E-state index contributed by atoms with van der Waals surface area (Å²) in [5.74, 6) is -1.47. The number of alkyl halides is 3. The Morgan fingerprint density at radius 1 is 1.33 bits per heavy atom. The summed E-state index contributed by atoms with van der Waals surface area (Å²) in [6.45, 7) is 3.30. The lowest BCUT2D eigenvalue weighted by molar-refractivity contribution is -0.136. The van der Waals surface area contributed by atoms with Crippen molar-refractivity contribution in [1.29, 1.82) is 0 Å². The van der Waals surface area contributed by atoms with E-state index in [0.717, 1.165) is 16.7 Å². The van der Waals surface area contributed by atoms with Crippen LogP contribution in [0.25, 0.3) is 10.9 Å². The number of rotatable bonds is 3. The van der Waals surface area contributed by atoms with Crippen molar-refractivity contribution in [3.05, 3.63) is 58.4 Å². The Bertz CT molecular complexity index is 790. The number of benzene rings is 1. The van der Waals surface area contributed by atoms with E-state index < -0.39 is 28.8 Å². The Morgan fingerprint density at radius 2 is 2.00 bits per heavy atom. The lowest BCUT2D eigenvalue weighted by atomic mass is 10.0. The quantitative estimate of drug-likeness (QED) is 0.886. The summed E-state index contributed by atoms with van der Waals surface area (Å²) < 4.78 is 40.5. The number of halogens is 3. The van der Waals surface area contributed by atoms with Gasteiger partial charge < -0.3 is 9.67 Å². The molecule has 0 spiro atoms. The summed E-state index contributed by atoms with van der Waals surface area (Å²) in [4.78, 5) is 22.7. The van der Waals surface area contributed by atoms with E-state index in [9.17, 15) is 22.8 Å². The molecule has 110 valence electrons. The number of pyridine rings is 1. The van der Waals surface area contributed by atoms with Crippen molar-refractivity contribution < 1.29 is 23.1 Å². The molecule has 0 saturated heterocycles. The topological polar surface area (TPSA) is 59.3 Å². The van der Waals surface area contributed by atoms with Gasteiger partial charge in [0.15, 0.2) is 0 Å². The molecule has 1 aromatic heterocycles. The van der Waals surface area contributed by atoms with Crippen LogP contribution >= 0.6 is 0 Å². The van der Waals surface area contributed by atoms with Crippen molar-refractivity contribution in [3.8, 4) is 0 Å². The van der Waals surface area contributed by atoms with Crippen LogP contribution in [-0.4, -0.2) is 15.6 Å². The third-order valence-electron chi connectivity index (χ3n) is 2.94. The first-order valence-corrected chi connectivity index (χ1v) is 5.84. The Labute approximate surface area is 116 Å². The Kier molecular flexibility index (Phi) is 3.59. The van der Waals surface area contributed by atoms with Gasteiger partial charge in [0.05, 0.1) is 16.6 Å². The van der Waals surface area contributed by atoms with E-state index in [1.165, 1.54) is 12.1 Å². The zero-order valence-electron chi connectivity index (χ0n) is 10.6. The molecule has 0 aliphatic rings. The average molecular weight is 297 g/mol. The lowest BCUT2D eigenvalue weighted by Gasteiger charge is -2.15. The molecule has 0 bridgehead atoms. The van der Waals surface area contributed by atoms with E-state index in [0.29, 0.717) is 6.07 Å². The van der Waals surface area contributed by atoms with Gasteiger partial charge in [-0.2, -0.15) is 13.2 Å². The average Bonchev–Trinajstić information content (AvgIpc) is 2.39. The second kappa shape index (κ2) is 5.08. The number of allylic oxidation sites excluding steroid dienone is 1. The standard InChI is InChI=1S/C14H10F3NO3/c1-2-5-18-11(19)4-3-8-6-9(13(20)21)7-10(12(8)18)14(15,16)17/h2-4,6-7H,1,5H2,(H,20,21). The molecule has 7 heteroatoms. The normalized spacial score (nSPS) is 11.6. The van der Waals surface area contributed by atoms with Gasteiger partial charge >= 0.3 is 12.1 Å². The predicted molar refractivity (Wildman–Crippen MR) is 70.4 cm³/mol. The molecule has 4 nitrogen and oxygen atoms in total. The zero-order valence-corrected chi connectivity index (χ0v) is 10.6. The largest absolute Gasteiger partial charge is 0.478 e. The fourth-order valence-corrected chi connectivity index (χ4v) is 2.10. The van der Waals surface area contributed by atoms with Gasteiger partial charge in [-0.15, -0.1) is 6.58 Å². The van der Waals surface area contributed by atoms with Crippen molar-refractivity contribution in [3.63, 3.8) is 0 Å². The molecule has 2 aromatic rings. The van der Waals surface area contributed by atoms with E-state index in [2.05, 4.69) is 6.58 Å². The van der Waals surface area contributed by atoms with Crippen molar-refractivity contribution in [1.82, 2.24) is 4.57 Å². The first-order chi connectivity index (χ1) is 9.75. The van der Waals surface area contributed by atoms with Crippen LogP contribution in [0.4, 0.5) is 13.2 Å². The molecular weight excluding hydrogens is 287 g/mol. The maximum Gasteiger partial charge on any atom is 0.418 e. The second-order valence-electron chi connectivity index (χ2n) is 4.34. The minimum atomic E-state index is -4.78. The number of aromatic nitrogens is 1. The van der Waals surface area contributed by atoms with Gasteiger partial charge in [-0.05, 0) is 23.6 Å². The molecule has 21 heavy (non-hydrogen) atoms. The van der Waals surface area contributed by atoms with E-state index in [1.54, 1.807) is 0 Å². The van der Waals surface area contributed by atoms with E-state index in [1.807, 2.05) is 0 Å². The number of carboxylic acid groups (broad SMARTS) is 1. The monoisotopic (exact) mass is 297 g/mol. The molecule has 2 rings (SSSR count). The predicted octanol–water partition coefficient (Wildman–Crippen LogP) is 2.90. The number of carbonyl (C=O) groups is 1. The number of aromatic carboxylic acids is 1. The highest BCUT2D eigenvalue weighted by Gasteiger charge is 2.35. The SMILES string of the molecule is C=CCn1c(=O)ccc2cc(C(=O)O)cc(C(F)(F)F)c21. The number of nitrogens with zero attached hydrogens (tertiary/aromatic N) is 1. The summed E-state index contributed by atoms with van der Waals surface area (Å²) in [5.41, 5.74) is -2.61. The molecule has 0 amide bonds. The first kappa shape index (κ1) is 14.8. The summed E-state index contributed by atoms with van der Waals surface area (Å²) in [6.07, 6.45) is -3.48. The van der Waals surface area contributed by atoms with Gasteiger partial charge in [-0.25, -0.2) is 4.79 Å². The molecular formula is C14H10F3NO3. The van der Waals surface area contributed by atoms with Crippen LogP contribution in [0.1, 0.15) is 15.9 Å². The second-order valence-corrected chi connectivity index (χ2v) is 4.34. The van der Waals surface area contributed by atoms with Crippen molar-refractivity contribution in [2.45, 2.75) is 12.7 Å². The van der Waals surface area contributed by atoms with Crippen LogP contribution in [0.3, 0.4) is 0 Å². The number of carboxylic acids is 1. The molecule has 0 unspecified atom stereocenters. The number of fused-ring (bicyclic) bond motifs is 1. The van der Waals surface area contributed by atoms with Crippen LogP contribution in [-0.2, 0) is 12.7 Å². The highest BCUT2D eigenvalue weighted by atomic mass is 19.4. The van der Waals surface area contributed by atoms with Crippen LogP contribution in [0.2, 0.25) is 0 Å². The lowest BCUT2D eigenvalue weighted by Crippen LogP contribution is -2.22. The van der Waals surface area contributed by atoms with Gasteiger partial charge in [-0.1, -0.05) is 6.08 Å². The van der Waals surface area contributed by atoms with Gasteiger partial charge in [0.2, 0.25) is 0 Å². The van der Waals surface area contributed by atoms with E-state index in [4.69, 9.17) is 5.11 Å². The Hall–Kier alpha value is -2.57. The number of hydrogen-bond acceptors (Lipinski definition) is 2. The molecule has 0 atom stereocenters. The van der Waals surface area contributed by atoms with Crippen molar-refractivity contribution in [2.24, 2.45) is 0 Å². The first-order valence-electron chi connectivity index (χ1n) is 5.84. The fraction of sp³-hybridized carbons (Fsp3) is 0.143. The Morgan fingerprint density at radius 3 is 2.52 bits per heavy atom. The van der Waals surface area contributed by atoms with Crippen LogP contribution in [0.15, 0.2) is 41.7 Å². The molecule has 0 fully saturated rings. The summed E-state index contributed by atoms with van der Waals surface area (Å²) in [6, 6.07) is 3.91. The molecule has 1 N–H and O–H groups in total. The highest BCUT2D eigenvalue weighted by Crippen LogP contribution is 2.35. The summed E-state index contributed by atoms with van der Waals surface area (Å²) >= 11 is 0. The third-order valence-corrected chi connectivity index (χ3v) is 2.94. The summed E-state index contributed by atoms with van der Waals surface area (Å²) in [7, 11) is 0. The molecule has 1 heterocycles. The minimum Gasteiger partial charge on any atom is -0.478 e. The number of hydrogen-bond donors (Lipinski definition) is 1. The van der Waals surface area contributed by atoms with Gasteiger partial charge in [0.25, 0.3) is 5.56 Å². The molecule has 0 radical (unpaired) electrons. The Balaban J connectivity index is 2.99. The summed E-state index contributed by atoms with van der Waals surface area (Å²) in [5, 5.41) is 8.94. The zero-order chi connectivity index (χ0) is 15.8. The van der Waals surface area contributed by atoms with Gasteiger partial charge in [-0.3, -0.25) is 4.79 Å². The van der Waals surface area contributed by atoms with Crippen LogP contribution < -0.4 is 5.56 Å². The smallest absolute Gasteiger partial charge is 0.418 e. The van der Waals surface area contributed by atoms with E-state index >= 15 is 0 Å². The van der Waals surface area contributed by atoms with Gasteiger partial charge in [0.1, 0.15) is 0 Å². The van der Waals surface area contributed by atoms with E-state index in [-0.39, 0.29) is 17.4 Å². The van der Waals surface area contributed by atoms with Crippen molar-refractivity contribution >= 4 is 16.9 Å². The highest BCUT2D eigenvalue weighted by molar-refractivity contribution is 5.95. The molecule has 1 aromatic carbocycles. The molecule has 0 aliphatic carbocycles. The van der Waals surface area contributed by atoms with Crippen LogP contribution in [0.5, 0.6) is 0 Å². The maximum atomic E-state index is 13.2. The molecule has 0 saturated carbocycles.